The van der Waals surface area contributed by atoms with Crippen LogP contribution in [-0.2, 0) is 11.0 Å². The van der Waals surface area contributed by atoms with E-state index in [1.54, 1.807) is 19.2 Å². The van der Waals surface area contributed by atoms with E-state index in [4.69, 9.17) is 0 Å². The third-order valence-corrected chi connectivity index (χ3v) is 3.32. The average Bonchev–Trinajstić information content (AvgIpc) is 2.50. The third-order valence-electron chi connectivity index (χ3n) is 2.63. The summed E-state index contributed by atoms with van der Waals surface area (Å²) < 4.78 is 49.1. The number of benzene rings is 2. The predicted octanol–water partition coefficient (Wildman–Crippen LogP) is 4.90. The molecule has 8 heteroatoms. The number of hydrogen-bond donors (Lipinski definition) is 2. The molecule has 0 spiro atoms. The molecule has 0 aromatic heterocycles. The molecule has 0 aliphatic rings. The zero-order chi connectivity index (χ0) is 17.5. The van der Waals surface area contributed by atoms with Crippen LogP contribution >= 0.6 is 15.9 Å². The number of anilines is 2. The van der Waals surface area contributed by atoms with Gasteiger partial charge in [0.1, 0.15) is 5.82 Å². The lowest BCUT2D eigenvalue weighted by molar-refractivity contribution is -0.138. The van der Waals surface area contributed by atoms with Crippen LogP contribution in [0.25, 0.3) is 0 Å². The van der Waals surface area contributed by atoms with Crippen LogP contribution in [0.15, 0.2) is 46.9 Å². The van der Waals surface area contributed by atoms with E-state index >= 15 is 0 Å². The Labute approximate surface area is 138 Å². The Morgan fingerprint density at radius 3 is 2.09 bits per heavy atom. The van der Waals surface area contributed by atoms with Crippen molar-refractivity contribution in [3.05, 3.63) is 58.3 Å². The number of alkyl halides is 3. The highest BCUT2D eigenvalue weighted by molar-refractivity contribution is 9.10. The first kappa shape index (κ1) is 19.0. The molecule has 0 radical (unpaired) electrons. The normalized spacial score (nSPS) is 10.3. The molecule has 0 bridgehead atoms. The summed E-state index contributed by atoms with van der Waals surface area (Å²) in [6, 6.07) is 9.68. The maximum atomic E-state index is 12.3. The van der Waals surface area contributed by atoms with Crippen molar-refractivity contribution < 1.29 is 22.4 Å². The van der Waals surface area contributed by atoms with Crippen molar-refractivity contribution in [1.29, 1.82) is 0 Å². The molecule has 0 saturated carbocycles. The monoisotopic (exact) mass is 392 g/mol. The van der Waals surface area contributed by atoms with Gasteiger partial charge < -0.3 is 10.6 Å². The Bertz CT molecular complexity index is 645. The van der Waals surface area contributed by atoms with E-state index in [1.165, 1.54) is 24.3 Å². The van der Waals surface area contributed by atoms with Crippen LogP contribution in [0.4, 0.5) is 28.9 Å². The average molecular weight is 393 g/mol. The molecule has 0 heterocycles. The van der Waals surface area contributed by atoms with Gasteiger partial charge in [0.25, 0.3) is 0 Å². The zero-order valence-corrected chi connectivity index (χ0v) is 13.5. The van der Waals surface area contributed by atoms with Crippen LogP contribution in [0.1, 0.15) is 5.56 Å². The van der Waals surface area contributed by atoms with Crippen molar-refractivity contribution in [3.8, 4) is 0 Å². The van der Waals surface area contributed by atoms with E-state index in [0.717, 1.165) is 11.8 Å². The van der Waals surface area contributed by atoms with Gasteiger partial charge in [-0.25, -0.2) is 4.39 Å². The number of halogens is 5. The van der Waals surface area contributed by atoms with Crippen LogP contribution in [0.3, 0.4) is 0 Å². The number of carbonyl (C=O) groups is 1. The van der Waals surface area contributed by atoms with Gasteiger partial charge in [0.05, 0.1) is 5.56 Å². The maximum absolute atomic E-state index is 12.3. The molecular formula is C15H13BrF4N2O. The fraction of sp³-hybridized carbons (Fsp3) is 0.133. The van der Waals surface area contributed by atoms with E-state index in [0.29, 0.717) is 6.41 Å². The molecule has 0 fully saturated rings. The number of nitrogens with one attached hydrogen (secondary N) is 2. The molecule has 1 amide bonds. The zero-order valence-electron chi connectivity index (χ0n) is 11.9. The van der Waals surface area contributed by atoms with E-state index < -0.39 is 11.7 Å². The second-order valence-electron chi connectivity index (χ2n) is 4.21. The lowest BCUT2D eigenvalue weighted by Crippen LogP contribution is -2.07. The van der Waals surface area contributed by atoms with Crippen molar-refractivity contribution in [1.82, 2.24) is 0 Å². The van der Waals surface area contributed by atoms with Crippen molar-refractivity contribution in [2.75, 3.05) is 17.7 Å². The Balaban J connectivity index is 0.000000253. The minimum absolute atomic E-state index is 0.0542. The molecular weight excluding hydrogens is 380 g/mol. The SMILES string of the molecule is CNc1ccc(F)cc1.O=CNc1ccc(Br)c(C(F)(F)F)c1. The standard InChI is InChI=1S/C8H5BrF3NO.C7H8FN/c9-7-2-1-5(13-4-14)3-6(7)8(10,11)12;1-9-7-4-2-6(8)3-5-7/h1-4H,(H,13,14);2-5,9H,1H3. The number of amides is 1. The van der Waals surface area contributed by atoms with Gasteiger partial charge in [-0.2, -0.15) is 13.2 Å². The van der Waals surface area contributed by atoms with Gasteiger partial charge in [-0.1, -0.05) is 15.9 Å². The molecule has 124 valence electrons. The van der Waals surface area contributed by atoms with Gasteiger partial charge in [0.2, 0.25) is 6.41 Å². The van der Waals surface area contributed by atoms with Gasteiger partial charge in [0.15, 0.2) is 0 Å². The van der Waals surface area contributed by atoms with Crippen LogP contribution in [0.5, 0.6) is 0 Å². The fourth-order valence-electron chi connectivity index (χ4n) is 1.52. The molecule has 0 atom stereocenters. The van der Waals surface area contributed by atoms with E-state index in [-0.39, 0.29) is 16.0 Å². The first-order valence-electron chi connectivity index (χ1n) is 6.28. The van der Waals surface area contributed by atoms with Crippen LogP contribution < -0.4 is 10.6 Å². The maximum Gasteiger partial charge on any atom is 0.417 e. The Kier molecular flexibility index (Phi) is 7.02. The molecule has 23 heavy (non-hydrogen) atoms. The lowest BCUT2D eigenvalue weighted by atomic mass is 10.2. The van der Waals surface area contributed by atoms with Crippen molar-refractivity contribution in [2.45, 2.75) is 6.18 Å². The highest BCUT2D eigenvalue weighted by Crippen LogP contribution is 2.36. The second kappa shape index (κ2) is 8.52. The summed E-state index contributed by atoms with van der Waals surface area (Å²) in [5, 5.41) is 5.03. The topological polar surface area (TPSA) is 41.1 Å². The van der Waals surface area contributed by atoms with Crippen molar-refractivity contribution >= 4 is 33.7 Å². The van der Waals surface area contributed by atoms with Crippen LogP contribution in [0, 0.1) is 5.82 Å². The Morgan fingerprint density at radius 1 is 1.04 bits per heavy atom. The minimum atomic E-state index is -4.43. The predicted molar refractivity (Wildman–Crippen MR) is 84.8 cm³/mol. The number of carbonyl (C=O) groups excluding carboxylic acids is 1. The molecule has 2 aromatic rings. The Hall–Kier alpha value is -2.09. The van der Waals surface area contributed by atoms with Gasteiger partial charge in [0, 0.05) is 22.9 Å². The smallest absolute Gasteiger partial charge is 0.388 e. The van der Waals surface area contributed by atoms with Gasteiger partial charge >= 0.3 is 6.18 Å². The second-order valence-corrected chi connectivity index (χ2v) is 5.07. The van der Waals surface area contributed by atoms with Crippen LogP contribution in [0.2, 0.25) is 0 Å². The van der Waals surface area contributed by atoms with Gasteiger partial charge in [-0.05, 0) is 42.5 Å². The molecule has 2 rings (SSSR count). The first-order valence-corrected chi connectivity index (χ1v) is 7.07. The largest absolute Gasteiger partial charge is 0.417 e. The van der Waals surface area contributed by atoms with Gasteiger partial charge in [-0.3, -0.25) is 4.79 Å². The van der Waals surface area contributed by atoms with Crippen molar-refractivity contribution in [2.24, 2.45) is 0 Å². The van der Waals surface area contributed by atoms with Gasteiger partial charge in [-0.15, -0.1) is 0 Å². The molecule has 0 aliphatic heterocycles. The summed E-state index contributed by atoms with van der Waals surface area (Å²) in [5.74, 6) is -0.200. The lowest BCUT2D eigenvalue weighted by Gasteiger charge is -2.10. The molecule has 2 N–H and O–H groups in total. The van der Waals surface area contributed by atoms with E-state index in [2.05, 4.69) is 26.6 Å². The number of hydrogen-bond acceptors (Lipinski definition) is 2. The third kappa shape index (κ3) is 6.27. The molecule has 2 aromatic carbocycles. The van der Waals surface area contributed by atoms with Crippen molar-refractivity contribution in [3.63, 3.8) is 0 Å². The number of rotatable bonds is 3. The van der Waals surface area contributed by atoms with E-state index in [1.807, 2.05) is 0 Å². The summed E-state index contributed by atoms with van der Waals surface area (Å²) in [7, 11) is 1.80. The fourth-order valence-corrected chi connectivity index (χ4v) is 1.99. The van der Waals surface area contributed by atoms with E-state index in [9.17, 15) is 22.4 Å². The summed E-state index contributed by atoms with van der Waals surface area (Å²) in [5.41, 5.74) is 0.219. The molecule has 0 unspecified atom stereocenters. The highest BCUT2D eigenvalue weighted by atomic mass is 79.9. The summed E-state index contributed by atoms with van der Waals surface area (Å²) in [6.45, 7) is 0. The quantitative estimate of drug-likeness (QED) is 0.575. The molecule has 3 nitrogen and oxygen atoms in total. The summed E-state index contributed by atoms with van der Waals surface area (Å²) >= 11 is 2.78. The Morgan fingerprint density at radius 2 is 1.61 bits per heavy atom. The van der Waals surface area contributed by atoms with Crippen LogP contribution in [-0.4, -0.2) is 13.5 Å². The first-order chi connectivity index (χ1) is 10.8. The summed E-state index contributed by atoms with van der Waals surface area (Å²) in [4.78, 5) is 10.0. The molecule has 0 aliphatic carbocycles. The molecule has 0 saturated heterocycles. The highest BCUT2D eigenvalue weighted by Gasteiger charge is 2.33. The summed E-state index contributed by atoms with van der Waals surface area (Å²) in [6.07, 6.45) is -4.11. The minimum Gasteiger partial charge on any atom is -0.388 e.